The average Bonchev–Trinajstić information content (AvgIpc) is 3.06. The highest BCUT2D eigenvalue weighted by Crippen LogP contribution is 2.18. The SMILES string of the molecule is CC.CCc1ccc2nc(-n3cc(C(C)C)nn3)ccc2c1. The van der Waals surface area contributed by atoms with Gasteiger partial charge in [0.25, 0.3) is 0 Å². The summed E-state index contributed by atoms with van der Waals surface area (Å²) in [5.41, 5.74) is 3.30. The summed E-state index contributed by atoms with van der Waals surface area (Å²) < 4.78 is 1.74. The fraction of sp³-hybridized carbons (Fsp3) is 0.389. The van der Waals surface area contributed by atoms with E-state index in [0.717, 1.165) is 28.8 Å². The van der Waals surface area contributed by atoms with Crippen LogP contribution < -0.4 is 0 Å². The Morgan fingerprint density at radius 2 is 1.86 bits per heavy atom. The van der Waals surface area contributed by atoms with Crippen LogP contribution in [0.2, 0.25) is 0 Å². The van der Waals surface area contributed by atoms with E-state index in [9.17, 15) is 0 Å². The van der Waals surface area contributed by atoms with Crippen LogP contribution in [0.25, 0.3) is 16.7 Å². The van der Waals surface area contributed by atoms with Gasteiger partial charge in [-0.25, -0.2) is 9.67 Å². The number of aryl methyl sites for hydroxylation is 1. The van der Waals surface area contributed by atoms with E-state index in [4.69, 9.17) is 0 Å². The Morgan fingerprint density at radius 3 is 2.50 bits per heavy atom. The number of rotatable bonds is 3. The predicted octanol–water partition coefficient (Wildman–Crippen LogP) is 4.53. The second kappa shape index (κ2) is 7.16. The third-order valence-corrected chi connectivity index (χ3v) is 3.48. The first-order valence-corrected chi connectivity index (χ1v) is 7.99. The topological polar surface area (TPSA) is 43.6 Å². The van der Waals surface area contributed by atoms with Crippen LogP contribution in [0.15, 0.2) is 36.5 Å². The van der Waals surface area contributed by atoms with Crippen molar-refractivity contribution in [2.75, 3.05) is 0 Å². The first-order valence-electron chi connectivity index (χ1n) is 7.99. The highest BCUT2D eigenvalue weighted by Gasteiger charge is 2.07. The highest BCUT2D eigenvalue weighted by molar-refractivity contribution is 5.80. The molecular formula is C18H24N4. The van der Waals surface area contributed by atoms with Crippen molar-refractivity contribution in [3.63, 3.8) is 0 Å². The normalized spacial score (nSPS) is 10.6. The van der Waals surface area contributed by atoms with Gasteiger partial charge in [0.05, 0.1) is 17.4 Å². The van der Waals surface area contributed by atoms with Crippen LogP contribution in [-0.2, 0) is 6.42 Å². The number of aromatic nitrogens is 4. The molecule has 116 valence electrons. The molecule has 2 aromatic heterocycles. The van der Waals surface area contributed by atoms with Crippen LogP contribution >= 0.6 is 0 Å². The molecule has 3 aromatic rings. The molecule has 0 saturated heterocycles. The lowest BCUT2D eigenvalue weighted by Crippen LogP contribution is -1.98. The molecule has 1 aromatic carbocycles. The lowest BCUT2D eigenvalue weighted by Gasteiger charge is -2.04. The maximum atomic E-state index is 4.65. The van der Waals surface area contributed by atoms with Gasteiger partial charge in [0.15, 0.2) is 5.82 Å². The van der Waals surface area contributed by atoms with Gasteiger partial charge in [-0.2, -0.15) is 0 Å². The fourth-order valence-electron chi connectivity index (χ4n) is 2.17. The minimum atomic E-state index is 0.372. The molecule has 0 aliphatic rings. The lowest BCUT2D eigenvalue weighted by atomic mass is 10.1. The summed E-state index contributed by atoms with van der Waals surface area (Å²) in [7, 11) is 0. The van der Waals surface area contributed by atoms with E-state index in [1.54, 1.807) is 4.68 Å². The van der Waals surface area contributed by atoms with Gasteiger partial charge in [-0.1, -0.05) is 45.9 Å². The Bertz CT molecular complexity index is 744. The van der Waals surface area contributed by atoms with E-state index < -0.39 is 0 Å². The van der Waals surface area contributed by atoms with Gasteiger partial charge in [0.2, 0.25) is 0 Å². The molecule has 0 atom stereocenters. The Balaban J connectivity index is 0.000000847. The molecule has 4 nitrogen and oxygen atoms in total. The third-order valence-electron chi connectivity index (χ3n) is 3.48. The third kappa shape index (κ3) is 3.32. The van der Waals surface area contributed by atoms with E-state index in [1.165, 1.54) is 5.56 Å². The maximum Gasteiger partial charge on any atom is 0.155 e. The van der Waals surface area contributed by atoms with E-state index in [1.807, 2.05) is 26.1 Å². The van der Waals surface area contributed by atoms with Crippen molar-refractivity contribution >= 4 is 10.9 Å². The van der Waals surface area contributed by atoms with Gasteiger partial charge in [0, 0.05) is 5.39 Å². The molecule has 0 radical (unpaired) electrons. The van der Waals surface area contributed by atoms with Crippen molar-refractivity contribution in [1.82, 2.24) is 20.0 Å². The molecule has 0 N–H and O–H groups in total. The summed E-state index contributed by atoms with van der Waals surface area (Å²) in [6.07, 6.45) is 2.98. The quantitative estimate of drug-likeness (QED) is 0.713. The van der Waals surface area contributed by atoms with Crippen molar-refractivity contribution < 1.29 is 0 Å². The van der Waals surface area contributed by atoms with Crippen LogP contribution in [0.1, 0.15) is 51.8 Å². The van der Waals surface area contributed by atoms with E-state index in [-0.39, 0.29) is 0 Å². The van der Waals surface area contributed by atoms with Gasteiger partial charge in [-0.15, -0.1) is 5.10 Å². The zero-order valence-corrected chi connectivity index (χ0v) is 14.0. The molecule has 0 fully saturated rings. The van der Waals surface area contributed by atoms with E-state index in [2.05, 4.69) is 60.3 Å². The van der Waals surface area contributed by atoms with Crippen LogP contribution in [0, 0.1) is 0 Å². The first kappa shape index (κ1) is 16.1. The average molecular weight is 296 g/mol. The highest BCUT2D eigenvalue weighted by atomic mass is 15.4. The van der Waals surface area contributed by atoms with Crippen molar-refractivity contribution in [3.8, 4) is 5.82 Å². The fourth-order valence-corrected chi connectivity index (χ4v) is 2.17. The molecule has 0 spiro atoms. The molecule has 0 bridgehead atoms. The summed E-state index contributed by atoms with van der Waals surface area (Å²) in [4.78, 5) is 4.65. The number of fused-ring (bicyclic) bond motifs is 1. The first-order chi connectivity index (χ1) is 10.7. The zero-order valence-electron chi connectivity index (χ0n) is 14.0. The summed E-state index contributed by atoms with van der Waals surface area (Å²) in [6, 6.07) is 10.5. The number of hydrogen-bond donors (Lipinski definition) is 0. The maximum absolute atomic E-state index is 4.65. The molecule has 0 amide bonds. The second-order valence-electron chi connectivity index (χ2n) is 5.29. The predicted molar refractivity (Wildman–Crippen MR) is 91.5 cm³/mol. The minimum absolute atomic E-state index is 0.372. The number of benzene rings is 1. The molecule has 22 heavy (non-hydrogen) atoms. The number of hydrogen-bond acceptors (Lipinski definition) is 3. The van der Waals surface area contributed by atoms with Crippen molar-refractivity contribution in [1.29, 1.82) is 0 Å². The van der Waals surface area contributed by atoms with Gasteiger partial charge < -0.3 is 0 Å². The van der Waals surface area contributed by atoms with E-state index >= 15 is 0 Å². The number of pyridine rings is 1. The zero-order chi connectivity index (χ0) is 16.1. The van der Waals surface area contributed by atoms with Crippen molar-refractivity contribution in [2.45, 2.75) is 47.0 Å². The molecule has 0 saturated carbocycles. The van der Waals surface area contributed by atoms with Crippen molar-refractivity contribution in [2.24, 2.45) is 0 Å². The minimum Gasteiger partial charge on any atom is -0.229 e. The van der Waals surface area contributed by atoms with Crippen LogP contribution in [0.5, 0.6) is 0 Å². The van der Waals surface area contributed by atoms with Gasteiger partial charge in [0.1, 0.15) is 0 Å². The van der Waals surface area contributed by atoms with Crippen LogP contribution in [0.4, 0.5) is 0 Å². The molecule has 2 heterocycles. The summed E-state index contributed by atoms with van der Waals surface area (Å²) in [5, 5.41) is 9.49. The molecule has 0 aliphatic heterocycles. The molecule has 0 aliphatic carbocycles. The van der Waals surface area contributed by atoms with Crippen LogP contribution in [-0.4, -0.2) is 20.0 Å². The molecule has 0 unspecified atom stereocenters. The summed E-state index contributed by atoms with van der Waals surface area (Å²) in [6.45, 7) is 10.4. The number of nitrogens with zero attached hydrogens (tertiary/aromatic N) is 4. The largest absolute Gasteiger partial charge is 0.229 e. The van der Waals surface area contributed by atoms with Crippen LogP contribution in [0.3, 0.4) is 0 Å². The standard InChI is InChI=1S/C16H18N4.C2H6/c1-4-12-5-7-14-13(9-12)6-8-16(17-14)20-10-15(11(2)3)18-19-20;1-2/h5-11H,4H2,1-3H3;1-2H3. The monoisotopic (exact) mass is 296 g/mol. The van der Waals surface area contributed by atoms with Gasteiger partial charge in [-0.3, -0.25) is 0 Å². The Labute approximate surface area is 132 Å². The van der Waals surface area contributed by atoms with Gasteiger partial charge >= 0.3 is 0 Å². The summed E-state index contributed by atoms with van der Waals surface area (Å²) in [5.74, 6) is 1.18. The smallest absolute Gasteiger partial charge is 0.155 e. The second-order valence-corrected chi connectivity index (χ2v) is 5.29. The molecule has 3 rings (SSSR count). The van der Waals surface area contributed by atoms with Crippen molar-refractivity contribution in [3.05, 3.63) is 47.8 Å². The summed E-state index contributed by atoms with van der Waals surface area (Å²) >= 11 is 0. The Hall–Kier alpha value is -2.23. The Morgan fingerprint density at radius 1 is 1.09 bits per heavy atom. The molecular weight excluding hydrogens is 272 g/mol. The Kier molecular flexibility index (Phi) is 5.26. The van der Waals surface area contributed by atoms with E-state index in [0.29, 0.717) is 5.92 Å². The molecule has 4 heteroatoms. The lowest BCUT2D eigenvalue weighted by molar-refractivity contribution is 0.766. The van der Waals surface area contributed by atoms with Gasteiger partial charge in [-0.05, 0) is 42.2 Å².